The Kier molecular flexibility index (Phi) is 8.76. The van der Waals surface area contributed by atoms with Crippen LogP contribution in [0.1, 0.15) is 32.8 Å². The number of ether oxygens (including phenoxy) is 1. The number of aromatic nitrogens is 1. The molecule has 1 aromatic heterocycles. The van der Waals surface area contributed by atoms with Crippen LogP contribution >= 0.6 is 0 Å². The molecule has 0 aliphatic carbocycles. The summed E-state index contributed by atoms with van der Waals surface area (Å²) in [6.45, 7) is 11.8. The molecule has 1 saturated heterocycles. The van der Waals surface area contributed by atoms with E-state index in [1.807, 2.05) is 32.3 Å². The molecule has 1 atom stereocenters. The summed E-state index contributed by atoms with van der Waals surface area (Å²) < 4.78 is 5.89. The minimum atomic E-state index is 0.183. The second kappa shape index (κ2) is 11.1. The standard InChI is InChI=1S/C21H29N3O.C2H6/c1-3-25-18-21(16-23(2)20-9-5-4-6-10-20)11-13-24(17-21)15-19-8-7-12-22-14-19;1-2/h4-10,12,14H,3,11,13,15-18H2,1-2H3;1-2H3/t21-;/m0./s1. The predicted molar refractivity (Wildman–Crippen MR) is 114 cm³/mol. The van der Waals surface area contributed by atoms with Crippen LogP contribution in [0.3, 0.4) is 0 Å². The number of nitrogens with zero attached hydrogens (tertiary/aromatic N) is 3. The number of anilines is 1. The van der Waals surface area contributed by atoms with Crippen molar-refractivity contribution < 1.29 is 4.74 Å². The normalized spacial score (nSPS) is 19.4. The van der Waals surface area contributed by atoms with Gasteiger partial charge in [0.1, 0.15) is 0 Å². The van der Waals surface area contributed by atoms with Crippen molar-refractivity contribution in [3.63, 3.8) is 0 Å². The molecule has 4 nitrogen and oxygen atoms in total. The van der Waals surface area contributed by atoms with E-state index in [1.54, 1.807) is 0 Å². The Balaban J connectivity index is 0.00000126. The fourth-order valence-electron chi connectivity index (χ4n) is 3.80. The summed E-state index contributed by atoms with van der Waals surface area (Å²) in [4.78, 5) is 9.15. The molecule has 0 N–H and O–H groups in total. The Morgan fingerprint density at radius 3 is 2.59 bits per heavy atom. The Bertz CT molecular complexity index is 635. The Morgan fingerprint density at radius 1 is 1.15 bits per heavy atom. The maximum absolute atomic E-state index is 5.89. The van der Waals surface area contributed by atoms with Crippen LogP contribution in [0, 0.1) is 5.41 Å². The van der Waals surface area contributed by atoms with E-state index in [2.05, 4.69) is 65.2 Å². The van der Waals surface area contributed by atoms with E-state index in [0.717, 1.165) is 39.4 Å². The number of para-hydroxylation sites is 1. The average molecular weight is 370 g/mol. The van der Waals surface area contributed by atoms with Gasteiger partial charge < -0.3 is 9.64 Å². The van der Waals surface area contributed by atoms with Gasteiger partial charge in [0, 0.05) is 56.8 Å². The van der Waals surface area contributed by atoms with Gasteiger partial charge in [-0.05, 0) is 43.7 Å². The monoisotopic (exact) mass is 369 g/mol. The van der Waals surface area contributed by atoms with E-state index in [-0.39, 0.29) is 5.41 Å². The van der Waals surface area contributed by atoms with E-state index in [9.17, 15) is 0 Å². The van der Waals surface area contributed by atoms with Crippen LogP contribution in [-0.4, -0.2) is 49.8 Å². The van der Waals surface area contributed by atoms with E-state index in [1.165, 1.54) is 17.7 Å². The van der Waals surface area contributed by atoms with Crippen molar-refractivity contribution >= 4 is 5.69 Å². The van der Waals surface area contributed by atoms with Crippen LogP contribution in [0.25, 0.3) is 0 Å². The lowest BCUT2D eigenvalue weighted by molar-refractivity contribution is 0.0582. The number of rotatable bonds is 8. The molecule has 148 valence electrons. The van der Waals surface area contributed by atoms with E-state index in [4.69, 9.17) is 4.74 Å². The van der Waals surface area contributed by atoms with E-state index in [0.29, 0.717) is 0 Å². The molecule has 0 radical (unpaired) electrons. The third kappa shape index (κ3) is 6.33. The quantitative estimate of drug-likeness (QED) is 0.686. The summed E-state index contributed by atoms with van der Waals surface area (Å²) in [6.07, 6.45) is 4.98. The molecule has 0 unspecified atom stereocenters. The van der Waals surface area contributed by atoms with Gasteiger partial charge in [-0.1, -0.05) is 38.1 Å². The lowest BCUT2D eigenvalue weighted by Crippen LogP contribution is -2.41. The van der Waals surface area contributed by atoms with Gasteiger partial charge in [0.25, 0.3) is 0 Å². The average Bonchev–Trinajstić information content (AvgIpc) is 3.12. The summed E-state index contributed by atoms with van der Waals surface area (Å²) in [6, 6.07) is 14.8. The summed E-state index contributed by atoms with van der Waals surface area (Å²) in [7, 11) is 2.19. The smallest absolute Gasteiger partial charge is 0.0552 e. The van der Waals surface area contributed by atoms with Gasteiger partial charge >= 0.3 is 0 Å². The first kappa shape index (κ1) is 21.4. The van der Waals surface area contributed by atoms with Gasteiger partial charge in [-0.15, -0.1) is 0 Å². The predicted octanol–water partition coefficient (Wildman–Crippen LogP) is 4.47. The van der Waals surface area contributed by atoms with Crippen LogP contribution in [0.2, 0.25) is 0 Å². The molecule has 2 aromatic rings. The maximum Gasteiger partial charge on any atom is 0.0552 e. The van der Waals surface area contributed by atoms with Crippen molar-refractivity contribution in [2.45, 2.75) is 33.7 Å². The molecule has 3 rings (SSSR count). The van der Waals surface area contributed by atoms with Gasteiger partial charge in [-0.25, -0.2) is 0 Å². The molecule has 4 heteroatoms. The maximum atomic E-state index is 5.89. The summed E-state index contributed by atoms with van der Waals surface area (Å²) in [5, 5.41) is 0. The molecule has 0 saturated carbocycles. The number of likely N-dealkylation sites (tertiary alicyclic amines) is 1. The summed E-state index contributed by atoms with van der Waals surface area (Å²) in [5.41, 5.74) is 2.73. The van der Waals surface area contributed by atoms with Gasteiger partial charge in [0.05, 0.1) is 6.61 Å². The highest BCUT2D eigenvalue weighted by atomic mass is 16.5. The zero-order valence-electron chi connectivity index (χ0n) is 17.4. The second-order valence-electron chi connectivity index (χ2n) is 7.15. The van der Waals surface area contributed by atoms with Crippen LogP contribution in [0.4, 0.5) is 5.69 Å². The fraction of sp³-hybridized carbons (Fsp3) is 0.522. The Hall–Kier alpha value is -1.91. The molecule has 27 heavy (non-hydrogen) atoms. The first-order chi connectivity index (χ1) is 13.2. The van der Waals surface area contributed by atoms with Gasteiger partial charge in [0.15, 0.2) is 0 Å². The molecular formula is C23H35N3O. The van der Waals surface area contributed by atoms with E-state index >= 15 is 0 Å². The highest BCUT2D eigenvalue weighted by Gasteiger charge is 2.39. The highest BCUT2D eigenvalue weighted by Crippen LogP contribution is 2.34. The molecule has 1 aliphatic rings. The molecule has 1 aliphatic heterocycles. The number of benzene rings is 1. The van der Waals surface area contributed by atoms with Crippen molar-refractivity contribution in [2.24, 2.45) is 5.41 Å². The van der Waals surface area contributed by atoms with Gasteiger partial charge in [0.2, 0.25) is 0 Å². The van der Waals surface area contributed by atoms with Crippen molar-refractivity contribution in [1.82, 2.24) is 9.88 Å². The molecule has 0 amide bonds. The second-order valence-corrected chi connectivity index (χ2v) is 7.15. The Morgan fingerprint density at radius 2 is 1.93 bits per heavy atom. The number of hydrogen-bond acceptors (Lipinski definition) is 4. The van der Waals surface area contributed by atoms with Crippen LogP contribution in [0.5, 0.6) is 0 Å². The molecule has 2 heterocycles. The van der Waals surface area contributed by atoms with E-state index < -0.39 is 0 Å². The van der Waals surface area contributed by atoms with Gasteiger partial charge in [-0.2, -0.15) is 0 Å². The molecule has 0 bridgehead atoms. The fourth-order valence-corrected chi connectivity index (χ4v) is 3.80. The molecule has 1 fully saturated rings. The van der Waals surface area contributed by atoms with Crippen LogP contribution < -0.4 is 4.90 Å². The van der Waals surface area contributed by atoms with Crippen LogP contribution in [0.15, 0.2) is 54.9 Å². The Labute approximate surface area is 165 Å². The van der Waals surface area contributed by atoms with Crippen LogP contribution in [-0.2, 0) is 11.3 Å². The third-order valence-corrected chi connectivity index (χ3v) is 5.03. The summed E-state index contributed by atoms with van der Waals surface area (Å²) in [5.74, 6) is 0. The van der Waals surface area contributed by atoms with Gasteiger partial charge in [-0.3, -0.25) is 9.88 Å². The number of pyridine rings is 1. The molecule has 0 spiro atoms. The van der Waals surface area contributed by atoms with Crippen molar-refractivity contribution in [3.05, 3.63) is 60.4 Å². The zero-order valence-corrected chi connectivity index (χ0v) is 17.4. The molecular weight excluding hydrogens is 334 g/mol. The van der Waals surface area contributed by atoms with Crippen molar-refractivity contribution in [1.29, 1.82) is 0 Å². The van der Waals surface area contributed by atoms with Crippen molar-refractivity contribution in [3.8, 4) is 0 Å². The lowest BCUT2D eigenvalue weighted by atomic mass is 9.87. The first-order valence-electron chi connectivity index (χ1n) is 10.2. The minimum absolute atomic E-state index is 0.183. The highest BCUT2D eigenvalue weighted by molar-refractivity contribution is 5.45. The topological polar surface area (TPSA) is 28.6 Å². The minimum Gasteiger partial charge on any atom is -0.381 e. The zero-order chi connectivity index (χ0) is 19.5. The largest absolute Gasteiger partial charge is 0.381 e. The summed E-state index contributed by atoms with van der Waals surface area (Å²) >= 11 is 0. The lowest BCUT2D eigenvalue weighted by Gasteiger charge is -2.34. The van der Waals surface area contributed by atoms with Crippen molar-refractivity contribution in [2.75, 3.05) is 44.8 Å². The molecule has 1 aromatic carbocycles. The first-order valence-corrected chi connectivity index (χ1v) is 10.2. The SMILES string of the molecule is CC.CCOC[C@]1(CN(C)c2ccccc2)CCN(Cc2cccnc2)C1. The number of hydrogen-bond donors (Lipinski definition) is 0. The third-order valence-electron chi connectivity index (χ3n) is 5.03.